The zero-order valence-electron chi connectivity index (χ0n) is 10.3. The van der Waals surface area contributed by atoms with E-state index < -0.39 is 0 Å². The van der Waals surface area contributed by atoms with Gasteiger partial charge in [0.25, 0.3) is 5.91 Å². The van der Waals surface area contributed by atoms with Crippen LogP contribution in [-0.4, -0.2) is 38.0 Å². The molecule has 0 saturated carbocycles. The first-order valence-electron chi connectivity index (χ1n) is 4.98. The van der Waals surface area contributed by atoms with Gasteiger partial charge in [-0.3, -0.25) is 4.79 Å². The third-order valence-electron chi connectivity index (χ3n) is 2.08. The Morgan fingerprint density at radius 1 is 1.39 bits per heavy atom. The van der Waals surface area contributed by atoms with Crippen molar-refractivity contribution < 1.29 is 4.79 Å². The highest BCUT2D eigenvalue weighted by Crippen LogP contribution is 2.18. The van der Waals surface area contributed by atoms with E-state index in [2.05, 4.69) is 5.32 Å². The van der Waals surface area contributed by atoms with Gasteiger partial charge in [-0.25, -0.2) is 0 Å². The number of carbonyl (C=O) groups excluding carboxylic acids is 1. The third-order valence-corrected chi connectivity index (χ3v) is 2.40. The molecular formula is C11H18Cl3N3O. The first-order chi connectivity index (χ1) is 7.50. The van der Waals surface area contributed by atoms with Crippen molar-refractivity contribution in [1.29, 1.82) is 0 Å². The molecule has 1 aromatic carbocycles. The van der Waals surface area contributed by atoms with Crippen LogP contribution in [0.3, 0.4) is 0 Å². The Morgan fingerprint density at radius 2 is 2.00 bits per heavy atom. The molecule has 0 heterocycles. The van der Waals surface area contributed by atoms with Crippen LogP contribution in [0, 0.1) is 0 Å². The predicted molar refractivity (Wildman–Crippen MR) is 81.2 cm³/mol. The zero-order chi connectivity index (χ0) is 12.1. The summed E-state index contributed by atoms with van der Waals surface area (Å²) in [5.74, 6) is -0.174. The number of nitrogen functional groups attached to an aromatic ring is 1. The lowest BCUT2D eigenvalue weighted by Gasteiger charge is -2.11. The molecule has 0 radical (unpaired) electrons. The second-order valence-electron chi connectivity index (χ2n) is 3.80. The molecule has 0 atom stereocenters. The zero-order valence-corrected chi connectivity index (χ0v) is 12.7. The highest BCUT2D eigenvalue weighted by Gasteiger charge is 2.09. The van der Waals surface area contributed by atoms with Gasteiger partial charge >= 0.3 is 0 Å². The Kier molecular flexibility index (Phi) is 10.1. The van der Waals surface area contributed by atoms with Crippen LogP contribution in [0.5, 0.6) is 0 Å². The number of halogens is 3. The molecule has 3 N–H and O–H groups in total. The lowest BCUT2D eigenvalue weighted by Crippen LogP contribution is -2.31. The summed E-state index contributed by atoms with van der Waals surface area (Å²) in [6.45, 7) is 1.38. The number of nitrogens with zero attached hydrogens (tertiary/aromatic N) is 1. The number of carbonyl (C=O) groups is 1. The average molecular weight is 315 g/mol. The Bertz CT molecular complexity index is 386. The van der Waals surface area contributed by atoms with Crippen molar-refractivity contribution in [3.05, 3.63) is 28.8 Å². The van der Waals surface area contributed by atoms with Gasteiger partial charge in [0.1, 0.15) is 0 Å². The second-order valence-corrected chi connectivity index (χ2v) is 4.21. The molecule has 0 unspecified atom stereocenters. The molecule has 1 rings (SSSR count). The molecule has 0 aliphatic rings. The normalized spacial score (nSPS) is 9.33. The fourth-order valence-corrected chi connectivity index (χ4v) is 1.48. The molecule has 7 heteroatoms. The molecule has 18 heavy (non-hydrogen) atoms. The molecule has 0 aliphatic heterocycles. The fraction of sp³-hybridized carbons (Fsp3) is 0.364. The molecular weight excluding hydrogens is 296 g/mol. The van der Waals surface area contributed by atoms with Crippen molar-refractivity contribution in [3.8, 4) is 0 Å². The van der Waals surface area contributed by atoms with Gasteiger partial charge in [0.05, 0.1) is 10.6 Å². The molecule has 0 aromatic heterocycles. The van der Waals surface area contributed by atoms with Gasteiger partial charge in [-0.2, -0.15) is 0 Å². The van der Waals surface area contributed by atoms with Crippen LogP contribution in [0.2, 0.25) is 5.02 Å². The van der Waals surface area contributed by atoms with E-state index in [4.69, 9.17) is 17.3 Å². The number of likely N-dealkylation sites (N-methyl/N-ethyl adjacent to an activating group) is 1. The lowest BCUT2D eigenvalue weighted by atomic mass is 10.2. The first kappa shape index (κ1) is 19.7. The second kappa shape index (κ2) is 9.28. The van der Waals surface area contributed by atoms with E-state index in [-0.39, 0.29) is 30.7 Å². The number of amides is 1. The number of hydrogen-bond acceptors (Lipinski definition) is 3. The van der Waals surface area contributed by atoms with Gasteiger partial charge in [0.2, 0.25) is 0 Å². The number of rotatable bonds is 4. The van der Waals surface area contributed by atoms with Crippen molar-refractivity contribution in [2.24, 2.45) is 0 Å². The molecule has 0 aliphatic carbocycles. The van der Waals surface area contributed by atoms with Crippen LogP contribution in [0.15, 0.2) is 18.2 Å². The van der Waals surface area contributed by atoms with Crippen LogP contribution < -0.4 is 11.1 Å². The van der Waals surface area contributed by atoms with Crippen molar-refractivity contribution in [2.45, 2.75) is 0 Å². The van der Waals surface area contributed by atoms with E-state index in [1.165, 1.54) is 0 Å². The average Bonchev–Trinajstić information content (AvgIpc) is 2.16. The standard InChI is InChI=1S/C11H16ClN3O.2ClH/c1-15(2)6-5-14-11(16)9-4-3-8(13)7-10(9)12;;/h3-4,7H,5-6,13H2,1-2H3,(H,14,16);2*1H. The molecule has 0 saturated heterocycles. The number of hydrogen-bond donors (Lipinski definition) is 2. The van der Waals surface area contributed by atoms with E-state index >= 15 is 0 Å². The van der Waals surface area contributed by atoms with Gasteiger partial charge in [0, 0.05) is 18.8 Å². The SMILES string of the molecule is CN(C)CCNC(=O)c1ccc(N)cc1Cl.Cl.Cl. The molecule has 0 bridgehead atoms. The fourth-order valence-electron chi connectivity index (χ4n) is 1.20. The largest absolute Gasteiger partial charge is 0.399 e. The maximum Gasteiger partial charge on any atom is 0.252 e. The van der Waals surface area contributed by atoms with Gasteiger partial charge in [0.15, 0.2) is 0 Å². The van der Waals surface area contributed by atoms with Crippen molar-refractivity contribution in [3.63, 3.8) is 0 Å². The highest BCUT2D eigenvalue weighted by molar-refractivity contribution is 6.34. The summed E-state index contributed by atoms with van der Waals surface area (Å²) in [6.07, 6.45) is 0. The molecule has 0 fully saturated rings. The molecule has 104 valence electrons. The molecule has 1 amide bonds. The molecule has 1 aromatic rings. The summed E-state index contributed by atoms with van der Waals surface area (Å²) < 4.78 is 0. The predicted octanol–water partition coefficient (Wildman–Crippen LogP) is 2.06. The Labute approximate surface area is 125 Å². The number of nitrogens with two attached hydrogens (primary N) is 1. The van der Waals surface area contributed by atoms with Crippen LogP contribution in [0.1, 0.15) is 10.4 Å². The Morgan fingerprint density at radius 3 is 2.50 bits per heavy atom. The van der Waals surface area contributed by atoms with Gasteiger partial charge in [-0.15, -0.1) is 24.8 Å². The molecule has 0 spiro atoms. The van der Waals surface area contributed by atoms with Gasteiger partial charge in [-0.1, -0.05) is 11.6 Å². The lowest BCUT2D eigenvalue weighted by molar-refractivity contribution is 0.0951. The summed E-state index contributed by atoms with van der Waals surface area (Å²) in [7, 11) is 3.89. The first-order valence-corrected chi connectivity index (χ1v) is 5.36. The van der Waals surface area contributed by atoms with E-state index in [0.717, 1.165) is 6.54 Å². The van der Waals surface area contributed by atoms with Crippen molar-refractivity contribution >= 4 is 48.0 Å². The van der Waals surface area contributed by atoms with Gasteiger partial charge in [-0.05, 0) is 32.3 Å². The highest BCUT2D eigenvalue weighted by atomic mass is 35.5. The minimum absolute atomic E-state index is 0. The quantitative estimate of drug-likeness (QED) is 0.836. The number of benzene rings is 1. The maximum absolute atomic E-state index is 11.7. The minimum Gasteiger partial charge on any atom is -0.399 e. The summed E-state index contributed by atoms with van der Waals surface area (Å²) in [6, 6.07) is 4.86. The smallest absolute Gasteiger partial charge is 0.252 e. The van der Waals surface area contributed by atoms with E-state index in [1.807, 2.05) is 19.0 Å². The number of anilines is 1. The summed E-state index contributed by atoms with van der Waals surface area (Å²) in [5.41, 5.74) is 6.55. The van der Waals surface area contributed by atoms with E-state index in [9.17, 15) is 4.79 Å². The van der Waals surface area contributed by atoms with Crippen LogP contribution >= 0.6 is 36.4 Å². The van der Waals surface area contributed by atoms with E-state index in [0.29, 0.717) is 22.8 Å². The summed E-state index contributed by atoms with van der Waals surface area (Å²) in [4.78, 5) is 13.7. The van der Waals surface area contributed by atoms with Crippen molar-refractivity contribution in [2.75, 3.05) is 32.9 Å². The Hall–Kier alpha value is -0.680. The topological polar surface area (TPSA) is 58.4 Å². The summed E-state index contributed by atoms with van der Waals surface area (Å²) in [5, 5.41) is 3.16. The minimum atomic E-state index is -0.174. The van der Waals surface area contributed by atoms with Crippen molar-refractivity contribution in [1.82, 2.24) is 10.2 Å². The Balaban J connectivity index is 0. The van der Waals surface area contributed by atoms with Crippen LogP contribution in [0.4, 0.5) is 5.69 Å². The third kappa shape index (κ3) is 6.31. The van der Waals surface area contributed by atoms with Crippen LogP contribution in [0.25, 0.3) is 0 Å². The molecule has 4 nitrogen and oxygen atoms in total. The number of nitrogens with one attached hydrogen (secondary N) is 1. The maximum atomic E-state index is 11.7. The monoisotopic (exact) mass is 313 g/mol. The summed E-state index contributed by atoms with van der Waals surface area (Å²) >= 11 is 5.91. The van der Waals surface area contributed by atoms with Crippen LogP contribution in [-0.2, 0) is 0 Å². The van der Waals surface area contributed by atoms with E-state index in [1.54, 1.807) is 18.2 Å². The van der Waals surface area contributed by atoms with Gasteiger partial charge < -0.3 is 16.0 Å².